The van der Waals surface area contributed by atoms with Crippen LogP contribution >= 0.6 is 0 Å². The number of unbranched alkanes of at least 4 members (excludes halogenated alkanes) is 1. The number of hydrogen-bond donors (Lipinski definition) is 2. The van der Waals surface area contributed by atoms with E-state index in [1.54, 1.807) is 0 Å². The summed E-state index contributed by atoms with van der Waals surface area (Å²) in [5.74, 6) is -1.08. The van der Waals surface area contributed by atoms with E-state index in [-0.39, 0.29) is 12.3 Å². The number of aliphatic hydroxyl groups is 1. The molecule has 0 aromatic carbocycles. The third-order valence-electron chi connectivity index (χ3n) is 1.55. The van der Waals surface area contributed by atoms with Gasteiger partial charge in [0.25, 0.3) is 0 Å². The molecule has 0 aliphatic carbocycles. The second kappa shape index (κ2) is 4.56. The molecule has 1 rings (SSSR count). The van der Waals surface area contributed by atoms with E-state index in [0.29, 0.717) is 13.0 Å². The van der Waals surface area contributed by atoms with Crippen LogP contribution in [0, 0.1) is 0 Å². The molecule has 6 nitrogen and oxygen atoms in total. The number of rotatable bonds is 5. The van der Waals surface area contributed by atoms with E-state index in [1.807, 2.05) is 0 Å². The Morgan fingerprint density at radius 2 is 2.31 bits per heavy atom. The molecule has 0 unspecified atom stereocenters. The van der Waals surface area contributed by atoms with Crippen LogP contribution in [0.4, 0.5) is 0 Å². The lowest BCUT2D eigenvalue weighted by atomic mass is 10.3. The quantitative estimate of drug-likeness (QED) is 0.617. The molecule has 0 aliphatic heterocycles. The number of carboxylic acids is 1. The molecule has 13 heavy (non-hydrogen) atoms. The van der Waals surface area contributed by atoms with Gasteiger partial charge >= 0.3 is 5.97 Å². The van der Waals surface area contributed by atoms with Crippen molar-refractivity contribution in [1.29, 1.82) is 0 Å². The minimum absolute atomic E-state index is 0.0519. The predicted octanol–water partition coefficient (Wildman–Crippen LogP) is -0.251. The maximum atomic E-state index is 10.4. The first-order chi connectivity index (χ1) is 6.24. The van der Waals surface area contributed by atoms with Gasteiger partial charge in [-0.05, 0) is 12.8 Å². The lowest BCUT2D eigenvalue weighted by Gasteiger charge is -1.96. The average Bonchev–Trinajstić information content (AvgIpc) is 2.53. The zero-order valence-electron chi connectivity index (χ0n) is 7.05. The number of carbonyl (C=O) groups is 1. The molecule has 0 aliphatic rings. The number of aromatic nitrogens is 3. The second-order valence-electron chi connectivity index (χ2n) is 2.60. The van der Waals surface area contributed by atoms with Gasteiger partial charge in [-0.1, -0.05) is 5.21 Å². The lowest BCUT2D eigenvalue weighted by molar-refractivity contribution is 0.0690. The van der Waals surface area contributed by atoms with E-state index in [0.717, 1.165) is 6.42 Å². The van der Waals surface area contributed by atoms with E-state index >= 15 is 0 Å². The standard InChI is InChI=1S/C7H11N3O3/c11-4-2-1-3-10-5-6(7(12)13)8-9-10/h5,11H,1-4H2,(H,12,13). The Kier molecular flexibility index (Phi) is 3.39. The van der Waals surface area contributed by atoms with Crippen LogP contribution in [0.15, 0.2) is 6.20 Å². The molecule has 0 saturated heterocycles. The lowest BCUT2D eigenvalue weighted by Crippen LogP contribution is -1.99. The summed E-state index contributed by atoms with van der Waals surface area (Å²) in [5, 5.41) is 24.1. The van der Waals surface area contributed by atoms with Crippen molar-refractivity contribution < 1.29 is 15.0 Å². The summed E-state index contributed by atoms with van der Waals surface area (Å²) in [6.07, 6.45) is 2.82. The molecule has 0 bridgehead atoms. The molecule has 0 spiro atoms. The first-order valence-corrected chi connectivity index (χ1v) is 3.98. The van der Waals surface area contributed by atoms with Crippen molar-refractivity contribution >= 4 is 5.97 Å². The van der Waals surface area contributed by atoms with Crippen LogP contribution in [-0.2, 0) is 6.54 Å². The van der Waals surface area contributed by atoms with Crippen LogP contribution in [0.3, 0.4) is 0 Å². The predicted molar refractivity (Wildman–Crippen MR) is 43.3 cm³/mol. The van der Waals surface area contributed by atoms with Gasteiger partial charge in [0.1, 0.15) is 0 Å². The van der Waals surface area contributed by atoms with E-state index in [1.165, 1.54) is 10.9 Å². The number of hydrogen-bond acceptors (Lipinski definition) is 4. The van der Waals surface area contributed by atoms with Crippen LogP contribution in [0.1, 0.15) is 23.3 Å². The molecule has 2 N–H and O–H groups in total. The number of aliphatic hydroxyl groups excluding tert-OH is 1. The normalized spacial score (nSPS) is 10.2. The molecular formula is C7H11N3O3. The van der Waals surface area contributed by atoms with Gasteiger partial charge in [0.15, 0.2) is 5.69 Å². The summed E-state index contributed by atoms with van der Waals surface area (Å²) in [6, 6.07) is 0. The summed E-state index contributed by atoms with van der Waals surface area (Å²) in [7, 11) is 0. The van der Waals surface area contributed by atoms with Gasteiger partial charge < -0.3 is 10.2 Å². The van der Waals surface area contributed by atoms with Crippen molar-refractivity contribution in [2.24, 2.45) is 0 Å². The summed E-state index contributed by atoms with van der Waals surface area (Å²) in [5.41, 5.74) is -0.0519. The van der Waals surface area contributed by atoms with Gasteiger partial charge in [0, 0.05) is 13.2 Å². The van der Waals surface area contributed by atoms with E-state index in [2.05, 4.69) is 10.3 Å². The SMILES string of the molecule is O=C(O)c1cn(CCCCO)nn1. The Bertz CT molecular complexity index is 284. The Morgan fingerprint density at radius 3 is 2.85 bits per heavy atom. The van der Waals surface area contributed by atoms with Crippen LogP contribution in [-0.4, -0.2) is 37.8 Å². The first kappa shape index (κ1) is 9.66. The van der Waals surface area contributed by atoms with Crippen molar-refractivity contribution in [3.8, 4) is 0 Å². The highest BCUT2D eigenvalue weighted by atomic mass is 16.4. The zero-order valence-corrected chi connectivity index (χ0v) is 7.05. The average molecular weight is 185 g/mol. The minimum atomic E-state index is -1.08. The minimum Gasteiger partial charge on any atom is -0.476 e. The monoisotopic (exact) mass is 185 g/mol. The molecule has 1 aromatic heterocycles. The molecule has 0 saturated carbocycles. The summed E-state index contributed by atoms with van der Waals surface area (Å²) in [6.45, 7) is 0.724. The van der Waals surface area contributed by atoms with Crippen molar-refractivity contribution in [2.75, 3.05) is 6.61 Å². The molecule has 6 heteroatoms. The Hall–Kier alpha value is -1.43. The Morgan fingerprint density at radius 1 is 1.54 bits per heavy atom. The maximum absolute atomic E-state index is 10.4. The Labute approximate surface area is 74.8 Å². The fourth-order valence-electron chi connectivity index (χ4n) is 0.891. The van der Waals surface area contributed by atoms with E-state index in [9.17, 15) is 4.79 Å². The number of carboxylic acid groups (broad SMARTS) is 1. The number of aryl methyl sites for hydroxylation is 1. The molecule has 0 fully saturated rings. The Balaban J connectivity index is 2.44. The van der Waals surface area contributed by atoms with Crippen molar-refractivity contribution in [2.45, 2.75) is 19.4 Å². The summed E-state index contributed by atoms with van der Waals surface area (Å²) >= 11 is 0. The fraction of sp³-hybridized carbons (Fsp3) is 0.571. The van der Waals surface area contributed by atoms with Gasteiger partial charge in [-0.15, -0.1) is 5.10 Å². The third-order valence-corrected chi connectivity index (χ3v) is 1.55. The third kappa shape index (κ3) is 2.83. The second-order valence-corrected chi connectivity index (χ2v) is 2.60. The van der Waals surface area contributed by atoms with Gasteiger partial charge in [0.2, 0.25) is 0 Å². The highest BCUT2D eigenvalue weighted by molar-refractivity contribution is 5.84. The molecule has 0 atom stereocenters. The van der Waals surface area contributed by atoms with E-state index in [4.69, 9.17) is 10.2 Å². The van der Waals surface area contributed by atoms with Crippen molar-refractivity contribution in [3.63, 3.8) is 0 Å². The molecule has 1 heterocycles. The molecular weight excluding hydrogens is 174 g/mol. The topological polar surface area (TPSA) is 88.2 Å². The fourth-order valence-corrected chi connectivity index (χ4v) is 0.891. The molecule has 0 radical (unpaired) electrons. The van der Waals surface area contributed by atoms with Crippen molar-refractivity contribution in [1.82, 2.24) is 15.0 Å². The smallest absolute Gasteiger partial charge is 0.358 e. The van der Waals surface area contributed by atoms with Gasteiger partial charge in [-0.3, -0.25) is 4.68 Å². The number of nitrogens with zero attached hydrogens (tertiary/aromatic N) is 3. The number of aromatic carboxylic acids is 1. The summed E-state index contributed by atoms with van der Waals surface area (Å²) in [4.78, 5) is 10.4. The van der Waals surface area contributed by atoms with Gasteiger partial charge in [-0.2, -0.15) is 0 Å². The van der Waals surface area contributed by atoms with Gasteiger partial charge in [-0.25, -0.2) is 4.79 Å². The maximum Gasteiger partial charge on any atom is 0.358 e. The highest BCUT2D eigenvalue weighted by Crippen LogP contribution is 1.96. The zero-order chi connectivity index (χ0) is 9.68. The van der Waals surface area contributed by atoms with Crippen LogP contribution in [0.5, 0.6) is 0 Å². The van der Waals surface area contributed by atoms with Crippen LogP contribution in [0.25, 0.3) is 0 Å². The highest BCUT2D eigenvalue weighted by Gasteiger charge is 2.07. The molecule has 0 amide bonds. The molecule has 1 aromatic rings. The largest absolute Gasteiger partial charge is 0.476 e. The van der Waals surface area contributed by atoms with E-state index < -0.39 is 5.97 Å². The van der Waals surface area contributed by atoms with Gasteiger partial charge in [0.05, 0.1) is 6.20 Å². The first-order valence-electron chi connectivity index (χ1n) is 3.98. The van der Waals surface area contributed by atoms with Crippen LogP contribution < -0.4 is 0 Å². The summed E-state index contributed by atoms with van der Waals surface area (Å²) < 4.78 is 1.46. The van der Waals surface area contributed by atoms with Crippen molar-refractivity contribution in [3.05, 3.63) is 11.9 Å². The molecule has 72 valence electrons. The van der Waals surface area contributed by atoms with Crippen LogP contribution in [0.2, 0.25) is 0 Å².